The van der Waals surface area contributed by atoms with Crippen LogP contribution in [0.2, 0.25) is 0 Å². The fourth-order valence-corrected chi connectivity index (χ4v) is 3.10. The number of nitrogens with one attached hydrogen (secondary N) is 1. The van der Waals surface area contributed by atoms with Crippen LogP contribution in [0.15, 0.2) is 36.7 Å². The Kier molecular flexibility index (Phi) is 6.13. The second-order valence-electron chi connectivity index (χ2n) is 6.86. The summed E-state index contributed by atoms with van der Waals surface area (Å²) in [7, 11) is 0. The minimum Gasteiger partial charge on any atom is -0.450 e. The topological polar surface area (TPSA) is 74.8 Å². The molecule has 2 heterocycles. The summed E-state index contributed by atoms with van der Waals surface area (Å²) in [5, 5.41) is 3.30. The van der Waals surface area contributed by atoms with Crippen LogP contribution in [0.1, 0.15) is 28.4 Å². The van der Waals surface area contributed by atoms with E-state index in [1.54, 1.807) is 29.1 Å². The average Bonchev–Trinajstić information content (AvgIpc) is 2.71. The van der Waals surface area contributed by atoms with E-state index in [-0.39, 0.29) is 12.0 Å². The number of aryl methyl sites for hydroxylation is 2. The first kappa shape index (κ1) is 19.7. The standard InChI is InChI=1S/C21H26N4O3/c1-4-28-21(27)25-9-7-24(8-10-25)20(26)17-12-19(14-22-13-17)23-18-6-5-15(2)16(3)11-18/h5-6,11-14,23H,4,7-10H2,1-3H3. The number of carbonyl (C=O) groups excluding carboxylic acids is 2. The van der Waals surface area contributed by atoms with Crippen molar-refractivity contribution in [1.82, 2.24) is 14.8 Å². The van der Waals surface area contributed by atoms with E-state index in [9.17, 15) is 9.59 Å². The molecule has 2 amide bonds. The number of hydrogen-bond donors (Lipinski definition) is 1. The number of amides is 2. The Balaban J connectivity index is 1.64. The fraction of sp³-hybridized carbons (Fsp3) is 0.381. The van der Waals surface area contributed by atoms with Crippen molar-refractivity contribution in [3.8, 4) is 0 Å². The molecule has 148 valence electrons. The molecule has 0 spiro atoms. The lowest BCUT2D eigenvalue weighted by atomic mass is 10.1. The zero-order chi connectivity index (χ0) is 20.1. The van der Waals surface area contributed by atoms with Crippen LogP contribution in [0.25, 0.3) is 0 Å². The van der Waals surface area contributed by atoms with Crippen LogP contribution in [0, 0.1) is 13.8 Å². The number of nitrogens with zero attached hydrogens (tertiary/aromatic N) is 3. The molecule has 2 aromatic rings. The number of rotatable bonds is 4. The van der Waals surface area contributed by atoms with Gasteiger partial charge < -0.3 is 19.9 Å². The quantitative estimate of drug-likeness (QED) is 0.878. The van der Waals surface area contributed by atoms with Gasteiger partial charge >= 0.3 is 6.09 Å². The molecule has 28 heavy (non-hydrogen) atoms. The molecule has 1 aliphatic rings. The van der Waals surface area contributed by atoms with Crippen LogP contribution in [0.4, 0.5) is 16.2 Å². The van der Waals surface area contributed by atoms with Gasteiger partial charge in [-0.3, -0.25) is 9.78 Å². The summed E-state index contributed by atoms with van der Waals surface area (Å²) in [5.74, 6) is -0.0836. The fourth-order valence-electron chi connectivity index (χ4n) is 3.10. The van der Waals surface area contributed by atoms with E-state index in [0.717, 1.165) is 11.4 Å². The molecule has 1 aliphatic heterocycles. The van der Waals surface area contributed by atoms with Crippen LogP contribution in [-0.4, -0.2) is 59.6 Å². The summed E-state index contributed by atoms with van der Waals surface area (Å²) in [6.45, 7) is 8.17. The maximum Gasteiger partial charge on any atom is 0.409 e. The van der Waals surface area contributed by atoms with Crippen molar-refractivity contribution in [1.29, 1.82) is 0 Å². The average molecular weight is 382 g/mol. The van der Waals surface area contributed by atoms with Crippen molar-refractivity contribution in [2.24, 2.45) is 0 Å². The lowest BCUT2D eigenvalue weighted by molar-refractivity contribution is 0.0570. The third-order valence-electron chi connectivity index (χ3n) is 4.87. The van der Waals surface area contributed by atoms with Gasteiger partial charge in [0.05, 0.1) is 24.1 Å². The highest BCUT2D eigenvalue weighted by Crippen LogP contribution is 2.20. The van der Waals surface area contributed by atoms with Gasteiger partial charge in [-0.25, -0.2) is 4.79 Å². The number of aromatic nitrogens is 1. The number of benzene rings is 1. The highest BCUT2D eigenvalue weighted by atomic mass is 16.6. The molecule has 0 unspecified atom stereocenters. The molecular formula is C21H26N4O3. The van der Waals surface area contributed by atoms with Gasteiger partial charge in [0, 0.05) is 38.1 Å². The maximum atomic E-state index is 12.8. The molecule has 0 bridgehead atoms. The maximum absolute atomic E-state index is 12.8. The van der Waals surface area contributed by atoms with E-state index in [1.165, 1.54) is 11.1 Å². The second kappa shape index (κ2) is 8.73. The van der Waals surface area contributed by atoms with Gasteiger partial charge in [0.2, 0.25) is 0 Å². The zero-order valence-electron chi connectivity index (χ0n) is 16.6. The molecular weight excluding hydrogens is 356 g/mol. The molecule has 1 aromatic carbocycles. The number of anilines is 2. The van der Waals surface area contributed by atoms with Gasteiger partial charge in [-0.05, 0) is 50.1 Å². The number of pyridine rings is 1. The lowest BCUT2D eigenvalue weighted by Crippen LogP contribution is -2.50. The van der Waals surface area contributed by atoms with E-state index in [4.69, 9.17) is 4.74 Å². The van der Waals surface area contributed by atoms with Gasteiger partial charge in [-0.1, -0.05) is 6.07 Å². The molecule has 0 saturated carbocycles. The van der Waals surface area contributed by atoms with Crippen LogP contribution >= 0.6 is 0 Å². The first-order valence-corrected chi connectivity index (χ1v) is 9.48. The highest BCUT2D eigenvalue weighted by Gasteiger charge is 2.25. The third kappa shape index (κ3) is 4.60. The Hall–Kier alpha value is -3.09. The number of hydrogen-bond acceptors (Lipinski definition) is 5. The first-order valence-electron chi connectivity index (χ1n) is 9.48. The smallest absolute Gasteiger partial charge is 0.409 e. The van der Waals surface area contributed by atoms with E-state index >= 15 is 0 Å². The summed E-state index contributed by atoms with van der Waals surface area (Å²) in [6, 6.07) is 7.94. The Morgan fingerprint density at radius 3 is 2.39 bits per heavy atom. The van der Waals surface area contributed by atoms with Gasteiger partial charge in [0.25, 0.3) is 5.91 Å². The number of piperazine rings is 1. The Morgan fingerprint density at radius 2 is 1.71 bits per heavy atom. The van der Waals surface area contributed by atoms with E-state index < -0.39 is 0 Å². The van der Waals surface area contributed by atoms with Crippen LogP contribution in [-0.2, 0) is 4.74 Å². The monoisotopic (exact) mass is 382 g/mol. The number of carbonyl (C=O) groups is 2. The largest absolute Gasteiger partial charge is 0.450 e. The molecule has 1 saturated heterocycles. The highest BCUT2D eigenvalue weighted by molar-refractivity contribution is 5.95. The summed E-state index contributed by atoms with van der Waals surface area (Å²) >= 11 is 0. The van der Waals surface area contributed by atoms with Crippen molar-refractivity contribution in [3.05, 3.63) is 53.3 Å². The Morgan fingerprint density at radius 1 is 1.00 bits per heavy atom. The van der Waals surface area contributed by atoms with Crippen molar-refractivity contribution in [2.75, 3.05) is 38.1 Å². The summed E-state index contributed by atoms with van der Waals surface area (Å²) in [5.41, 5.74) is 4.68. The first-order chi connectivity index (χ1) is 13.5. The Labute approximate surface area is 165 Å². The van der Waals surface area contributed by atoms with E-state index in [1.807, 2.05) is 12.1 Å². The van der Waals surface area contributed by atoms with E-state index in [2.05, 4.69) is 36.3 Å². The molecule has 0 atom stereocenters. The molecule has 1 aromatic heterocycles. The molecule has 7 heteroatoms. The molecule has 7 nitrogen and oxygen atoms in total. The van der Waals surface area contributed by atoms with Gasteiger partial charge in [0.1, 0.15) is 0 Å². The Bertz CT molecular complexity index is 860. The van der Waals surface area contributed by atoms with Gasteiger partial charge in [-0.15, -0.1) is 0 Å². The zero-order valence-corrected chi connectivity index (χ0v) is 16.6. The predicted molar refractivity (Wildman–Crippen MR) is 108 cm³/mol. The molecule has 0 radical (unpaired) electrons. The summed E-state index contributed by atoms with van der Waals surface area (Å²) < 4.78 is 5.02. The van der Waals surface area contributed by atoms with E-state index in [0.29, 0.717) is 38.3 Å². The molecule has 3 rings (SSSR count). The van der Waals surface area contributed by atoms with Gasteiger partial charge in [0.15, 0.2) is 0 Å². The SMILES string of the molecule is CCOC(=O)N1CCN(C(=O)c2cncc(Nc3ccc(C)c(C)c3)c2)CC1. The third-order valence-corrected chi connectivity index (χ3v) is 4.87. The minimum absolute atomic E-state index is 0.0836. The second-order valence-corrected chi connectivity index (χ2v) is 6.86. The molecule has 1 fully saturated rings. The van der Waals surface area contributed by atoms with Crippen molar-refractivity contribution < 1.29 is 14.3 Å². The normalized spacial score (nSPS) is 14.0. The lowest BCUT2D eigenvalue weighted by Gasteiger charge is -2.34. The van der Waals surface area contributed by atoms with Crippen LogP contribution in [0.5, 0.6) is 0 Å². The van der Waals surface area contributed by atoms with Crippen LogP contribution < -0.4 is 5.32 Å². The molecule has 0 aliphatic carbocycles. The summed E-state index contributed by atoms with van der Waals surface area (Å²) in [4.78, 5) is 32.2. The van der Waals surface area contributed by atoms with Crippen molar-refractivity contribution in [2.45, 2.75) is 20.8 Å². The van der Waals surface area contributed by atoms with Crippen molar-refractivity contribution >= 4 is 23.4 Å². The minimum atomic E-state index is -0.323. The predicted octanol–water partition coefficient (Wildman–Crippen LogP) is 3.36. The van der Waals surface area contributed by atoms with Gasteiger partial charge in [-0.2, -0.15) is 0 Å². The molecule has 1 N–H and O–H groups in total. The summed E-state index contributed by atoms with van der Waals surface area (Å²) in [6.07, 6.45) is 2.95. The number of ether oxygens (including phenoxy) is 1. The van der Waals surface area contributed by atoms with Crippen molar-refractivity contribution in [3.63, 3.8) is 0 Å². The van der Waals surface area contributed by atoms with Crippen LogP contribution in [0.3, 0.4) is 0 Å².